The maximum atomic E-state index is 13.8. The van der Waals surface area contributed by atoms with Gasteiger partial charge in [0, 0.05) is 112 Å². The topological polar surface area (TPSA) is 371 Å². The van der Waals surface area contributed by atoms with Gasteiger partial charge in [0.15, 0.2) is 17.5 Å². The fourth-order valence-electron chi connectivity index (χ4n) is 8.35. The van der Waals surface area contributed by atoms with E-state index in [0.717, 1.165) is 0 Å². The lowest BCUT2D eigenvalue weighted by Crippen LogP contribution is -2.47. The highest BCUT2D eigenvalue weighted by atomic mass is 16.6. The van der Waals surface area contributed by atoms with Crippen LogP contribution in [0.1, 0.15) is 114 Å². The largest absolute Gasteiger partial charge is 0.460 e. The molecule has 31 nitrogen and oxygen atoms in total. The Balaban J connectivity index is 0.904. The zero-order valence-electron chi connectivity index (χ0n) is 47.9. The molecule has 0 aliphatic rings. The molecule has 0 aliphatic carbocycles. The van der Waals surface area contributed by atoms with Crippen LogP contribution in [-0.4, -0.2) is 138 Å². The number of rotatable bonds is 22. The van der Waals surface area contributed by atoms with Crippen LogP contribution in [0.25, 0.3) is 0 Å². The average Bonchev–Trinajstić information content (AvgIpc) is 4.48. The normalized spacial score (nSPS) is 11.5. The Hall–Kier alpha value is -10.7. The van der Waals surface area contributed by atoms with Crippen molar-refractivity contribution in [1.82, 2.24) is 62.9 Å². The van der Waals surface area contributed by atoms with E-state index in [0.29, 0.717) is 11.4 Å². The van der Waals surface area contributed by atoms with E-state index in [-0.39, 0.29) is 102 Å². The SMILES string of the molecule is CCOC(=O)c1nc(NC(=O)CCNC(=O)c2cc(NC(=O)c3nc(NC(=O)[C@@H](CCNC(=O)c4cc(NC(=O)c5nc(NC(=O)c6cc(NC(=O)c7cccn7C)cn6C)cn5C)cn4C)NC(=O)OC(C)(C)C)cn3C)cn2C)cn1C. The van der Waals surface area contributed by atoms with Gasteiger partial charge in [-0.25, -0.2) is 24.5 Å². The van der Waals surface area contributed by atoms with Crippen molar-refractivity contribution in [3.63, 3.8) is 0 Å². The van der Waals surface area contributed by atoms with E-state index < -0.39 is 65.1 Å². The molecule has 7 rings (SSSR count). The number of hydrogen-bond donors (Lipinski definition) is 9. The molecule has 0 aromatic carbocycles. The Labute approximate surface area is 479 Å². The van der Waals surface area contributed by atoms with Crippen molar-refractivity contribution < 1.29 is 57.4 Å². The van der Waals surface area contributed by atoms with Gasteiger partial charge in [-0.1, -0.05) is 0 Å². The van der Waals surface area contributed by atoms with Crippen molar-refractivity contribution in [2.75, 3.05) is 51.6 Å². The summed E-state index contributed by atoms with van der Waals surface area (Å²) < 4.78 is 20.6. The molecule has 0 radical (unpaired) electrons. The lowest BCUT2D eigenvalue weighted by molar-refractivity contribution is -0.118. The number of aryl methyl sites for hydroxylation is 7. The first-order valence-corrected chi connectivity index (χ1v) is 26.0. The molecular formula is C53H65N19O12. The van der Waals surface area contributed by atoms with Gasteiger partial charge in [-0.3, -0.25) is 38.4 Å². The molecule has 444 valence electrons. The number of alkyl carbamates (subject to hydrolysis) is 1. The van der Waals surface area contributed by atoms with Gasteiger partial charge >= 0.3 is 12.1 Å². The van der Waals surface area contributed by atoms with Gasteiger partial charge in [0.25, 0.3) is 35.4 Å². The van der Waals surface area contributed by atoms with Gasteiger partial charge in [0.1, 0.15) is 34.4 Å². The number of ether oxygens (including phenoxy) is 2. The van der Waals surface area contributed by atoms with Gasteiger partial charge in [-0.05, 0) is 64.4 Å². The lowest BCUT2D eigenvalue weighted by atomic mass is 10.2. The molecule has 9 N–H and O–H groups in total. The molecule has 7 aromatic rings. The number of hydrogen-bond acceptors (Lipinski definition) is 15. The second-order valence-corrected chi connectivity index (χ2v) is 20.2. The number of carbonyl (C=O) groups excluding carboxylic acids is 10. The molecule has 0 unspecified atom stereocenters. The minimum atomic E-state index is -1.30. The van der Waals surface area contributed by atoms with E-state index in [1.54, 1.807) is 99.1 Å². The van der Waals surface area contributed by atoms with E-state index in [1.165, 1.54) is 83.6 Å². The third-order valence-electron chi connectivity index (χ3n) is 12.3. The lowest BCUT2D eigenvalue weighted by Gasteiger charge is -2.23. The maximum absolute atomic E-state index is 13.8. The Morgan fingerprint density at radius 1 is 0.512 bits per heavy atom. The first kappa shape index (κ1) is 60.9. The number of nitrogens with zero attached hydrogens (tertiary/aromatic N) is 10. The van der Waals surface area contributed by atoms with Crippen LogP contribution >= 0.6 is 0 Å². The second kappa shape index (κ2) is 25.8. The van der Waals surface area contributed by atoms with Crippen molar-refractivity contribution >= 4 is 93.8 Å². The van der Waals surface area contributed by atoms with Crippen molar-refractivity contribution in [3.8, 4) is 0 Å². The molecule has 0 bridgehead atoms. The summed E-state index contributed by atoms with van der Waals surface area (Å²) in [5.74, 6) is -5.38. The molecule has 31 heteroatoms. The van der Waals surface area contributed by atoms with E-state index >= 15 is 0 Å². The molecule has 84 heavy (non-hydrogen) atoms. The van der Waals surface area contributed by atoms with Crippen LogP contribution in [0.5, 0.6) is 0 Å². The number of anilines is 6. The first-order chi connectivity index (χ1) is 39.7. The van der Waals surface area contributed by atoms with Crippen LogP contribution in [-0.2, 0) is 68.4 Å². The third-order valence-corrected chi connectivity index (χ3v) is 12.3. The molecule has 0 saturated heterocycles. The smallest absolute Gasteiger partial charge is 0.408 e. The summed E-state index contributed by atoms with van der Waals surface area (Å²) in [4.78, 5) is 144. The minimum absolute atomic E-state index is 0.00753. The molecule has 0 aliphatic heterocycles. The Morgan fingerprint density at radius 2 is 0.964 bits per heavy atom. The molecule has 9 amide bonds. The van der Waals surface area contributed by atoms with Crippen molar-refractivity contribution in [3.05, 3.63) is 114 Å². The van der Waals surface area contributed by atoms with Gasteiger partial charge < -0.3 is 89.3 Å². The molecular weight excluding hydrogens is 1090 g/mol. The van der Waals surface area contributed by atoms with E-state index in [9.17, 15) is 47.9 Å². The molecule has 7 aromatic heterocycles. The van der Waals surface area contributed by atoms with Crippen LogP contribution in [0, 0.1) is 0 Å². The van der Waals surface area contributed by atoms with Crippen molar-refractivity contribution in [2.24, 2.45) is 49.3 Å². The van der Waals surface area contributed by atoms with Crippen LogP contribution in [0.2, 0.25) is 0 Å². The maximum Gasteiger partial charge on any atom is 0.408 e. The predicted molar refractivity (Wildman–Crippen MR) is 303 cm³/mol. The van der Waals surface area contributed by atoms with Crippen LogP contribution in [0.4, 0.5) is 39.3 Å². The minimum Gasteiger partial charge on any atom is -0.460 e. The Bertz CT molecular complexity index is 3690. The Kier molecular flexibility index (Phi) is 18.7. The zero-order chi connectivity index (χ0) is 61.3. The predicted octanol–water partition coefficient (Wildman–Crippen LogP) is 2.84. The summed E-state index contributed by atoms with van der Waals surface area (Å²) in [7, 11) is 11.2. The van der Waals surface area contributed by atoms with Crippen LogP contribution in [0.3, 0.4) is 0 Å². The van der Waals surface area contributed by atoms with Gasteiger partial charge in [-0.2, -0.15) is 0 Å². The van der Waals surface area contributed by atoms with Crippen LogP contribution < -0.4 is 47.9 Å². The first-order valence-electron chi connectivity index (χ1n) is 26.0. The quantitative estimate of drug-likeness (QED) is 0.0441. The fraction of sp³-hybridized carbons (Fsp3) is 0.340. The molecule has 0 spiro atoms. The van der Waals surface area contributed by atoms with Gasteiger partial charge in [0.2, 0.25) is 29.3 Å². The van der Waals surface area contributed by atoms with Crippen LogP contribution in [0.15, 0.2) is 73.7 Å². The summed E-state index contributed by atoms with van der Waals surface area (Å²) in [6.45, 7) is 6.52. The number of nitrogens with one attached hydrogen (secondary N) is 9. The Morgan fingerprint density at radius 3 is 1.46 bits per heavy atom. The monoisotopic (exact) mass is 1160 g/mol. The molecule has 0 saturated carbocycles. The third kappa shape index (κ3) is 15.4. The van der Waals surface area contributed by atoms with Crippen molar-refractivity contribution in [1.29, 1.82) is 0 Å². The number of amides is 9. The van der Waals surface area contributed by atoms with Gasteiger partial charge in [0.05, 0.1) is 23.7 Å². The van der Waals surface area contributed by atoms with E-state index in [4.69, 9.17) is 9.47 Å². The zero-order valence-corrected chi connectivity index (χ0v) is 47.9. The highest BCUT2D eigenvalue weighted by Crippen LogP contribution is 2.20. The van der Waals surface area contributed by atoms with E-state index in [1.807, 2.05) is 0 Å². The molecule has 1 atom stereocenters. The number of esters is 1. The summed E-state index contributed by atoms with van der Waals surface area (Å²) in [5, 5.41) is 23.8. The summed E-state index contributed by atoms with van der Waals surface area (Å²) in [5.41, 5.74) is 0.807. The fourth-order valence-corrected chi connectivity index (χ4v) is 8.35. The number of aromatic nitrogens is 10. The summed E-state index contributed by atoms with van der Waals surface area (Å²) in [6, 6.07) is 6.43. The van der Waals surface area contributed by atoms with Gasteiger partial charge in [-0.15, -0.1) is 0 Å². The van der Waals surface area contributed by atoms with Crippen molar-refractivity contribution in [2.45, 2.75) is 52.2 Å². The number of carbonyl (C=O) groups is 10. The highest BCUT2D eigenvalue weighted by molar-refractivity contribution is 6.08. The second-order valence-electron chi connectivity index (χ2n) is 20.2. The summed E-state index contributed by atoms with van der Waals surface area (Å²) >= 11 is 0. The standard InChI is InChI=1S/C53H65N19O12/c1-12-83-51(81)43-63-37(26-72(43)11)60-40(73)16-18-55-46(76)35-21-31(25-68(35)7)57-49(79)41-61-38(27-70(41)9)64-44(74)32(59-52(82)84-53(2,3)4)15-17-54-45(75)34-20-30(24-67(34)6)58-50(80)42-62-39(28-71(42)10)65-48(78)36-22-29(23-69(36)8)56-47(77)33-14-13-19-66(33)5/h13-14,19-28,32H,12,15-18H2,1-11H3,(H,54,75)(H,55,76)(H,56,77)(H,57,79)(H,58,80)(H,59,82)(H,60,73)(H,64,74)(H,65,78)/t32-/m1/s1. The molecule has 0 fully saturated rings. The average molecular weight is 1160 g/mol. The number of imidazole rings is 3. The molecule has 7 heterocycles. The van der Waals surface area contributed by atoms with E-state index in [2.05, 4.69) is 62.8 Å². The summed E-state index contributed by atoms with van der Waals surface area (Å²) in [6.07, 6.45) is 9.35. The highest BCUT2D eigenvalue weighted by Gasteiger charge is 2.28.